The molecule has 4 aliphatic rings. The number of aliphatic imine (C=N–C) groups is 3. The first-order chi connectivity index (χ1) is 57.6. The van der Waals surface area contributed by atoms with E-state index in [4.69, 9.17) is 0 Å². The fourth-order valence-electron chi connectivity index (χ4n) is 14.5. The van der Waals surface area contributed by atoms with Gasteiger partial charge in [0.2, 0.25) is 34.9 Å². The minimum Gasteiger partial charge on any atom is -0.354 e. The zero-order valence-electron chi connectivity index (χ0n) is 58.6. The van der Waals surface area contributed by atoms with Crippen LogP contribution in [0.4, 0.5) is 132 Å². The maximum absolute atomic E-state index is 17.9. The standard InChI is InChI=1S/C84H29F30N6P/c85-54-48(55(86)67(98)78(109)66(54)97)42-30-16-17-31(115-30)43(49-56(87)68(99)79(110)69(100)57(49)88)33-20-21-35(117-33)45(51-60(91)72(103)81(112)73(104)61(51)92)37-24-25-39(119-37)47(53-64(95)76(107)83(114)77(108)65(53)96)84-41(121(27-10-4-1-5-11-27,28-12-6-2-7-13-28)29-14-8-3-9-15-29)26-40(120-84)46(52-62(93)74(105)82(113)75(106)63(52)94)38-23-22-36(118-38)44(34-19-18-32(42)116-34)50-58(89)70(101)80(111)71(102)59(50)90/h1-26,115,118-119H/b42-32+,43-33+,44-36+,45-37+,46-38+,47-39-. The molecule has 12 aromatic rings. The zero-order chi connectivity index (χ0) is 86.6. The summed E-state index contributed by atoms with van der Waals surface area (Å²) in [6.45, 7) is -4.60. The Labute approximate surface area is 653 Å². The Morgan fingerprint density at radius 2 is 0.438 bits per heavy atom. The molecule has 121 heavy (non-hydrogen) atoms. The van der Waals surface area contributed by atoms with Crippen molar-refractivity contribution in [2.45, 2.75) is 0 Å². The highest BCUT2D eigenvalue weighted by Gasteiger charge is 2.43. The molecule has 0 fully saturated rings. The van der Waals surface area contributed by atoms with E-state index in [2.05, 4.69) is 29.9 Å². The monoisotopic (exact) mass is 1720 g/mol. The Morgan fingerprint density at radius 3 is 0.719 bits per heavy atom. The van der Waals surface area contributed by atoms with Gasteiger partial charge in [0.25, 0.3) is 0 Å². The first-order valence-corrected chi connectivity index (χ1v) is 35.8. The lowest BCUT2D eigenvalue weighted by Gasteiger charge is -2.32. The topological polar surface area (TPSA) is 84.4 Å². The summed E-state index contributed by atoms with van der Waals surface area (Å²) in [7, 11) is 0. The van der Waals surface area contributed by atoms with Crippen LogP contribution in [-0.2, 0) is 0 Å². The molecule has 610 valence electrons. The first-order valence-electron chi connectivity index (χ1n) is 34.0. The van der Waals surface area contributed by atoms with Gasteiger partial charge in [0.15, 0.2) is 140 Å². The predicted octanol–water partition coefficient (Wildman–Crippen LogP) is 18.1. The van der Waals surface area contributed by atoms with Crippen LogP contribution in [-0.4, -0.2) is 37.4 Å². The normalized spacial score (nSPS) is 17.3. The number of nitrogens with one attached hydrogen (secondary N) is 3. The predicted molar refractivity (Wildman–Crippen MR) is 379 cm³/mol. The molecule has 0 saturated carbocycles. The lowest BCUT2D eigenvalue weighted by Crippen LogP contribution is -2.34. The van der Waals surface area contributed by atoms with E-state index in [9.17, 15) is 0 Å². The van der Waals surface area contributed by atoms with E-state index < -0.39 is 321 Å². The van der Waals surface area contributed by atoms with Crippen molar-refractivity contribution in [1.29, 1.82) is 0 Å². The van der Waals surface area contributed by atoms with Crippen molar-refractivity contribution < 1.29 is 132 Å². The summed E-state index contributed by atoms with van der Waals surface area (Å²) in [5.41, 5.74) is -33.6. The van der Waals surface area contributed by atoms with E-state index in [-0.39, 0.29) is 15.9 Å². The molecule has 3 N–H and O–H groups in total. The van der Waals surface area contributed by atoms with E-state index in [0.29, 0.717) is 66.8 Å². The van der Waals surface area contributed by atoms with Crippen LogP contribution in [0.5, 0.6) is 0 Å². The van der Waals surface area contributed by atoms with Crippen molar-refractivity contribution in [1.82, 2.24) is 15.0 Å². The molecule has 12 bridgehead atoms. The molecule has 0 spiro atoms. The minimum absolute atomic E-state index is 0.0258. The summed E-state index contributed by atoms with van der Waals surface area (Å²) in [6.07, 6.45) is 2.18. The molecule has 37 heteroatoms. The van der Waals surface area contributed by atoms with Crippen molar-refractivity contribution in [3.63, 3.8) is 0 Å². The van der Waals surface area contributed by atoms with Gasteiger partial charge in [-0.2, -0.15) is 0 Å². The Morgan fingerprint density at radius 1 is 0.207 bits per heavy atom. The quantitative estimate of drug-likeness (QED) is 0.0557. The SMILES string of the molecule is Fc1c(F)c(F)c(/C2=C3\C=CC(=N3)/C(c3c(F)c(F)c(F)c(F)c3F)=c3/cc/c([nH]3)=C(\c3c(F)c(F)c(F)c(F)c3F)C3=CC(=P(c4ccccc4)(c4ccccc4)c4ccccc4)C(=N3)/C(c3c(F)c(F)c(F)c(F)c3F)=c3/cc/c([nH]3)=C(\c3c(F)c(F)c(F)c(F)c3F)C3=N/C(=C(/c4c(F)c(F)c(F)c(F)c4F)c4ccc2[nH]4)C=C3)c(F)c1F. The van der Waals surface area contributed by atoms with Crippen LogP contribution < -0.4 is 37.3 Å². The lowest BCUT2D eigenvalue weighted by molar-refractivity contribution is 0.376. The summed E-state index contributed by atoms with van der Waals surface area (Å²) in [6, 6.07) is 22.8. The number of halogens is 30. The van der Waals surface area contributed by atoms with Gasteiger partial charge in [-0.05, 0) is 89.6 Å². The second-order valence-electron chi connectivity index (χ2n) is 26.3. The third-order valence-electron chi connectivity index (χ3n) is 19.8. The van der Waals surface area contributed by atoms with Gasteiger partial charge in [-0.1, -0.05) is 91.0 Å². The van der Waals surface area contributed by atoms with E-state index in [1.165, 1.54) is 91.0 Å². The fraction of sp³-hybridized carbons (Fsp3) is 0. The first kappa shape index (κ1) is 81.0. The lowest BCUT2D eigenvalue weighted by atomic mass is 9.97. The van der Waals surface area contributed by atoms with Gasteiger partial charge < -0.3 is 15.0 Å². The molecule has 0 aliphatic carbocycles. The third kappa shape index (κ3) is 12.2. The van der Waals surface area contributed by atoms with Crippen LogP contribution in [0.25, 0.3) is 33.4 Å². The van der Waals surface area contributed by atoms with Crippen molar-refractivity contribution in [3.05, 3.63) is 416 Å². The number of hydrogen-bond acceptors (Lipinski definition) is 3. The number of fused-ring (bicyclic) bond motifs is 9. The van der Waals surface area contributed by atoms with E-state index in [1.807, 2.05) is 0 Å². The average molecular weight is 1720 g/mol. The second kappa shape index (κ2) is 29.9. The Balaban J connectivity index is 1.22. The van der Waals surface area contributed by atoms with Gasteiger partial charge in [0.1, 0.15) is 0 Å². The molecule has 0 amide bonds. The molecule has 16 rings (SSSR count). The van der Waals surface area contributed by atoms with Crippen molar-refractivity contribution in [3.8, 4) is 0 Å². The van der Waals surface area contributed by atoms with Crippen molar-refractivity contribution in [2.75, 3.05) is 0 Å². The van der Waals surface area contributed by atoms with E-state index in [0.717, 1.165) is 0 Å². The molecule has 9 aromatic carbocycles. The van der Waals surface area contributed by atoms with Gasteiger partial charge in [-0.25, -0.2) is 147 Å². The van der Waals surface area contributed by atoms with Gasteiger partial charge in [0, 0.05) is 71.5 Å². The molecular formula is C84H29F30N6P. The maximum Gasteiger partial charge on any atom is 0.200 e. The van der Waals surface area contributed by atoms with Gasteiger partial charge in [-0.15, -0.1) is 0 Å². The molecule has 0 unspecified atom stereocenters. The molecule has 6 nitrogen and oxygen atoms in total. The molecule has 0 atom stereocenters. The zero-order valence-corrected chi connectivity index (χ0v) is 59.5. The summed E-state index contributed by atoms with van der Waals surface area (Å²) in [5, 5.41) is -6.00. The van der Waals surface area contributed by atoms with Crippen LogP contribution in [0.15, 0.2) is 190 Å². The number of nitrogens with zero attached hydrogens (tertiary/aromatic N) is 3. The number of hydrogen-bond donors (Lipinski definition) is 3. The summed E-state index contributed by atoms with van der Waals surface area (Å²) >= 11 is 0. The number of rotatable bonds is 9. The maximum atomic E-state index is 17.9. The largest absolute Gasteiger partial charge is 0.354 e. The second-order valence-corrected chi connectivity index (χ2v) is 29.6. The highest BCUT2D eigenvalue weighted by molar-refractivity contribution is 7.97. The Bertz CT molecular complexity index is 7030. The number of aromatic nitrogens is 3. The molecule has 4 aliphatic heterocycles. The van der Waals surface area contributed by atoms with Crippen LogP contribution >= 0.6 is 6.89 Å². The van der Waals surface area contributed by atoms with Crippen LogP contribution in [0.3, 0.4) is 0 Å². The van der Waals surface area contributed by atoms with Crippen LogP contribution in [0.1, 0.15) is 44.8 Å². The molecule has 0 radical (unpaired) electrons. The number of allylic oxidation sites excluding steroid dienone is 6. The van der Waals surface area contributed by atoms with Crippen molar-refractivity contribution in [2.24, 2.45) is 15.0 Å². The summed E-state index contributed by atoms with van der Waals surface area (Å²) in [4.78, 5) is 19.3. The average Bonchev–Trinajstić information content (AvgIpc) is 1.61. The fourth-order valence-corrected chi connectivity index (χ4v) is 18.8. The highest BCUT2D eigenvalue weighted by atomic mass is 31.2. The number of aromatic amines is 3. The van der Waals surface area contributed by atoms with Gasteiger partial charge in [0.05, 0.1) is 67.6 Å². The molecule has 3 aromatic heterocycles. The van der Waals surface area contributed by atoms with Gasteiger partial charge in [-0.3, -0.25) is 0 Å². The molecular weight excluding hydrogens is 1690 g/mol. The minimum atomic E-state index is -4.60. The third-order valence-corrected chi connectivity index (χ3v) is 24.1. The van der Waals surface area contributed by atoms with E-state index in [1.54, 1.807) is 0 Å². The summed E-state index contributed by atoms with van der Waals surface area (Å²) < 4.78 is 492. The van der Waals surface area contributed by atoms with Crippen molar-refractivity contribution >= 4 is 78.7 Å². The highest BCUT2D eigenvalue weighted by Crippen LogP contribution is 2.51. The molecule has 7 heterocycles. The Kier molecular flexibility index (Phi) is 20.0. The number of benzene rings is 9. The Hall–Kier alpha value is -13.8. The van der Waals surface area contributed by atoms with Crippen LogP contribution in [0, 0.1) is 175 Å². The summed E-state index contributed by atoms with van der Waals surface area (Å²) in [5.74, 6) is -86.5. The van der Waals surface area contributed by atoms with E-state index >= 15 is 132 Å². The number of H-pyrrole nitrogens is 3. The van der Waals surface area contributed by atoms with Crippen LogP contribution in [0.2, 0.25) is 0 Å². The van der Waals surface area contributed by atoms with Gasteiger partial charge >= 0.3 is 0 Å². The molecule has 0 saturated heterocycles. The smallest absolute Gasteiger partial charge is 0.200 e.